The zero-order valence-corrected chi connectivity index (χ0v) is 15.4. The number of alkyl halides is 3. The maximum Gasteiger partial charge on any atom is 0.534 e. The third kappa shape index (κ3) is 5.15. The summed E-state index contributed by atoms with van der Waals surface area (Å²) in [6.07, 6.45) is 3.19. The van der Waals surface area contributed by atoms with Gasteiger partial charge in [-0.15, -0.1) is 0 Å². The molecule has 23 heavy (non-hydrogen) atoms. The van der Waals surface area contributed by atoms with Crippen molar-refractivity contribution in [2.24, 2.45) is 4.99 Å². The molecule has 0 unspecified atom stereocenters. The Hall–Kier alpha value is -1.20. The predicted octanol–water partition coefficient (Wildman–Crippen LogP) is 3.25. The van der Waals surface area contributed by atoms with Gasteiger partial charge in [0, 0.05) is 3.57 Å². The van der Waals surface area contributed by atoms with Crippen LogP contribution in [0.3, 0.4) is 0 Å². The number of aryl methyl sites for hydroxylation is 1. The highest BCUT2D eigenvalue weighted by atomic mass is 127. The third-order valence-corrected chi connectivity index (χ3v) is 5.01. The lowest BCUT2D eigenvalue weighted by atomic mass is 10.2. The van der Waals surface area contributed by atoms with Gasteiger partial charge >= 0.3 is 15.6 Å². The summed E-state index contributed by atoms with van der Waals surface area (Å²) in [4.78, 5) is 3.92. The van der Waals surface area contributed by atoms with Crippen LogP contribution in [0.25, 0.3) is 0 Å². The molecule has 0 spiro atoms. The first-order valence-electron chi connectivity index (χ1n) is 5.60. The van der Waals surface area contributed by atoms with Gasteiger partial charge in [0.1, 0.15) is 5.69 Å². The molecular weight excluding hydrogens is 470 g/mol. The van der Waals surface area contributed by atoms with Gasteiger partial charge in [0.05, 0.1) is 0 Å². The van der Waals surface area contributed by atoms with E-state index in [1.807, 2.05) is 22.6 Å². The highest BCUT2D eigenvalue weighted by Gasteiger charge is 2.48. The minimum Gasteiger partial charge on any atom is -0.374 e. The van der Waals surface area contributed by atoms with Crippen molar-refractivity contribution in [1.82, 2.24) is 5.32 Å². The Morgan fingerprint density at radius 3 is 2.57 bits per heavy atom. The molecule has 0 saturated carbocycles. The number of nitrogens with one attached hydrogen (secondary N) is 1. The van der Waals surface area contributed by atoms with Crippen LogP contribution in [0.15, 0.2) is 17.1 Å². The second-order valence-corrected chi connectivity index (χ2v) is 7.41. The first-order valence-corrected chi connectivity index (χ1v) is 9.31. The summed E-state index contributed by atoms with van der Waals surface area (Å²) in [5.74, 6) is -0.577. The lowest BCUT2D eigenvalue weighted by Gasteiger charge is -2.13. The van der Waals surface area contributed by atoms with Crippen LogP contribution >= 0.6 is 34.4 Å². The van der Waals surface area contributed by atoms with Crippen molar-refractivity contribution in [2.75, 3.05) is 6.26 Å². The molecule has 0 aliphatic carbocycles. The van der Waals surface area contributed by atoms with E-state index in [-0.39, 0.29) is 10.9 Å². The fourth-order valence-corrected chi connectivity index (χ4v) is 2.50. The number of thioether (sulfide) groups is 1. The number of nitrogens with zero attached hydrogens (tertiary/aromatic N) is 2. The van der Waals surface area contributed by atoms with Crippen molar-refractivity contribution in [3.63, 3.8) is 0 Å². The van der Waals surface area contributed by atoms with E-state index >= 15 is 0 Å². The summed E-state index contributed by atoms with van der Waals surface area (Å²) < 4.78 is 64.6. The van der Waals surface area contributed by atoms with Crippen molar-refractivity contribution >= 4 is 55.3 Å². The van der Waals surface area contributed by atoms with Crippen molar-refractivity contribution in [2.45, 2.75) is 12.4 Å². The van der Waals surface area contributed by atoms with Crippen molar-refractivity contribution in [3.8, 4) is 11.9 Å². The lowest BCUT2D eigenvalue weighted by molar-refractivity contribution is -0.0499. The molecular formula is C11H9F3IN3O3S2. The molecule has 0 amide bonds. The van der Waals surface area contributed by atoms with Gasteiger partial charge in [-0.25, -0.2) is 4.99 Å². The molecule has 12 heteroatoms. The van der Waals surface area contributed by atoms with Crippen LogP contribution in [0.2, 0.25) is 0 Å². The number of aliphatic imine (C=N–C) groups is 1. The number of nitriles is 1. The Kier molecular flexibility index (Phi) is 6.54. The van der Waals surface area contributed by atoms with Crippen molar-refractivity contribution in [3.05, 3.63) is 21.3 Å². The summed E-state index contributed by atoms with van der Waals surface area (Å²) >= 11 is 2.93. The average Bonchev–Trinajstić information content (AvgIpc) is 2.42. The maximum atomic E-state index is 12.5. The van der Waals surface area contributed by atoms with Crippen LogP contribution in [0.4, 0.5) is 18.9 Å². The molecule has 0 atom stereocenters. The van der Waals surface area contributed by atoms with Crippen LogP contribution in [-0.4, -0.2) is 25.3 Å². The molecule has 0 bridgehead atoms. The molecule has 0 aliphatic rings. The van der Waals surface area contributed by atoms with Crippen LogP contribution in [-0.2, 0) is 10.1 Å². The summed E-state index contributed by atoms with van der Waals surface area (Å²) in [6, 6.07) is 2.49. The Balaban J connectivity index is 3.43. The largest absolute Gasteiger partial charge is 0.534 e. The summed E-state index contributed by atoms with van der Waals surface area (Å²) in [5, 5.41) is 10.9. The van der Waals surface area contributed by atoms with Gasteiger partial charge in [-0.1, -0.05) is 11.8 Å². The SMILES string of the molecule is CSC(=Nc1cc(I)c(C)cc1OS(=O)(=O)C(F)(F)F)NC#N. The van der Waals surface area contributed by atoms with E-state index in [9.17, 15) is 21.6 Å². The van der Waals surface area contributed by atoms with Crippen LogP contribution in [0.1, 0.15) is 5.56 Å². The number of hydrogen-bond acceptors (Lipinski definition) is 6. The lowest BCUT2D eigenvalue weighted by Crippen LogP contribution is -2.28. The molecule has 6 nitrogen and oxygen atoms in total. The number of halogens is 4. The third-order valence-electron chi connectivity index (χ3n) is 2.30. The molecule has 0 heterocycles. The minimum atomic E-state index is -5.82. The highest BCUT2D eigenvalue weighted by molar-refractivity contribution is 14.1. The van der Waals surface area contributed by atoms with Gasteiger partial charge in [-0.3, -0.25) is 5.32 Å². The van der Waals surface area contributed by atoms with E-state index in [4.69, 9.17) is 5.26 Å². The first-order chi connectivity index (χ1) is 10.5. The smallest absolute Gasteiger partial charge is 0.374 e. The molecule has 126 valence electrons. The molecule has 0 aliphatic heterocycles. The molecule has 1 N–H and O–H groups in total. The standard InChI is InChI=1S/C11H9F3IN3O3S2/c1-6-3-9(21-23(19,20)11(12,13)14)8(4-7(6)15)18-10(22-2)17-5-16/h3-4H,1-2H3,(H,17,18). The quantitative estimate of drug-likeness (QED) is 0.136. The van der Waals surface area contributed by atoms with E-state index in [2.05, 4.69) is 14.5 Å². The number of benzene rings is 1. The summed E-state index contributed by atoms with van der Waals surface area (Å²) in [7, 11) is -5.82. The van der Waals surface area contributed by atoms with Crippen LogP contribution in [0.5, 0.6) is 5.75 Å². The number of rotatable bonds is 3. The van der Waals surface area contributed by atoms with E-state index in [0.717, 1.165) is 17.8 Å². The topological polar surface area (TPSA) is 91.5 Å². The molecule has 1 aromatic carbocycles. The number of amidine groups is 1. The molecule has 1 rings (SSSR count). The second-order valence-electron chi connectivity index (χ2n) is 3.91. The van der Waals surface area contributed by atoms with Gasteiger partial charge in [0.15, 0.2) is 17.1 Å². The van der Waals surface area contributed by atoms with Crippen LogP contribution in [0, 0.1) is 21.9 Å². The van der Waals surface area contributed by atoms with E-state index < -0.39 is 21.4 Å². The fraction of sp³-hybridized carbons (Fsp3) is 0.273. The Labute approximate surface area is 148 Å². The Morgan fingerprint density at radius 2 is 2.09 bits per heavy atom. The minimum absolute atomic E-state index is 0.0707. The van der Waals surface area contributed by atoms with E-state index in [1.54, 1.807) is 19.4 Å². The van der Waals surface area contributed by atoms with Crippen LogP contribution < -0.4 is 9.50 Å². The zero-order chi connectivity index (χ0) is 17.8. The van der Waals surface area contributed by atoms with Gasteiger partial charge in [0.2, 0.25) is 0 Å². The number of hydrogen-bond donors (Lipinski definition) is 1. The summed E-state index contributed by atoms with van der Waals surface area (Å²) in [6.45, 7) is 1.57. The Bertz CT molecular complexity index is 773. The monoisotopic (exact) mass is 479 g/mol. The highest BCUT2D eigenvalue weighted by Crippen LogP contribution is 2.36. The van der Waals surface area contributed by atoms with E-state index in [0.29, 0.717) is 9.13 Å². The van der Waals surface area contributed by atoms with Crippen molar-refractivity contribution < 1.29 is 25.8 Å². The average molecular weight is 479 g/mol. The molecule has 0 saturated heterocycles. The van der Waals surface area contributed by atoms with Gasteiger partial charge in [-0.2, -0.15) is 26.9 Å². The molecule has 0 fully saturated rings. The summed E-state index contributed by atoms with van der Waals surface area (Å²) in [5.41, 5.74) is -5.20. The molecule has 0 radical (unpaired) electrons. The normalized spacial score (nSPS) is 12.7. The Morgan fingerprint density at radius 1 is 1.48 bits per heavy atom. The maximum absolute atomic E-state index is 12.5. The van der Waals surface area contributed by atoms with Gasteiger partial charge in [0.25, 0.3) is 0 Å². The first kappa shape index (κ1) is 19.8. The molecule has 1 aromatic rings. The molecule has 0 aromatic heterocycles. The fourth-order valence-electron chi connectivity index (χ4n) is 1.25. The second kappa shape index (κ2) is 7.58. The zero-order valence-electron chi connectivity index (χ0n) is 11.6. The van der Waals surface area contributed by atoms with Crippen molar-refractivity contribution in [1.29, 1.82) is 5.26 Å². The predicted molar refractivity (Wildman–Crippen MR) is 88.9 cm³/mol. The van der Waals surface area contributed by atoms with Gasteiger partial charge < -0.3 is 4.18 Å². The van der Waals surface area contributed by atoms with E-state index in [1.165, 1.54) is 6.07 Å². The van der Waals surface area contributed by atoms with Gasteiger partial charge in [-0.05, 0) is 53.5 Å².